The van der Waals surface area contributed by atoms with Gasteiger partial charge in [-0.15, -0.1) is 0 Å². The van der Waals surface area contributed by atoms with E-state index in [1.165, 1.54) is 11.1 Å². The van der Waals surface area contributed by atoms with E-state index in [4.69, 9.17) is 0 Å². The van der Waals surface area contributed by atoms with Gasteiger partial charge >= 0.3 is 0 Å². The number of rotatable bonds is 8. The van der Waals surface area contributed by atoms with Crippen LogP contribution in [0.5, 0.6) is 0 Å². The lowest BCUT2D eigenvalue weighted by molar-refractivity contribution is -0.133. The largest absolute Gasteiger partial charge is 0.356 e. The second kappa shape index (κ2) is 11.1. The molecule has 1 saturated heterocycles. The summed E-state index contributed by atoms with van der Waals surface area (Å²) in [4.78, 5) is 41.4. The van der Waals surface area contributed by atoms with Gasteiger partial charge in [0, 0.05) is 71.4 Å². The number of nitrogens with zero attached hydrogens (tertiary/aromatic N) is 5. The highest BCUT2D eigenvalue weighted by atomic mass is 32.1. The maximum atomic E-state index is 12.6. The molecule has 2 amide bonds. The highest BCUT2D eigenvalue weighted by Gasteiger charge is 2.23. The predicted molar refractivity (Wildman–Crippen MR) is 138 cm³/mol. The van der Waals surface area contributed by atoms with Crippen molar-refractivity contribution in [1.82, 2.24) is 25.1 Å². The molecule has 0 aliphatic carbocycles. The van der Waals surface area contributed by atoms with Crippen molar-refractivity contribution in [2.45, 2.75) is 32.2 Å². The highest BCUT2D eigenvalue weighted by Crippen LogP contribution is 2.27. The summed E-state index contributed by atoms with van der Waals surface area (Å²) >= 11 is 1.59. The molecule has 35 heavy (non-hydrogen) atoms. The minimum atomic E-state index is -0.0389. The minimum Gasteiger partial charge on any atom is -0.356 e. The molecule has 5 rings (SSSR count). The van der Waals surface area contributed by atoms with Gasteiger partial charge in [0.2, 0.25) is 11.8 Å². The van der Waals surface area contributed by atoms with Gasteiger partial charge in [0.1, 0.15) is 10.3 Å². The van der Waals surface area contributed by atoms with Crippen molar-refractivity contribution < 1.29 is 9.59 Å². The number of pyridine rings is 1. The minimum absolute atomic E-state index is 0.0389. The van der Waals surface area contributed by atoms with E-state index in [1.54, 1.807) is 17.5 Å². The van der Waals surface area contributed by atoms with Gasteiger partial charge in [-0.25, -0.2) is 9.97 Å². The van der Waals surface area contributed by atoms with Gasteiger partial charge in [-0.05, 0) is 36.1 Å². The smallest absolute Gasteiger partial charge is 0.223 e. The first kappa shape index (κ1) is 23.7. The summed E-state index contributed by atoms with van der Waals surface area (Å²) in [6.07, 6.45) is 4.31. The lowest BCUT2D eigenvalue weighted by Gasteiger charge is -2.34. The van der Waals surface area contributed by atoms with E-state index in [0.717, 1.165) is 61.0 Å². The highest BCUT2D eigenvalue weighted by molar-refractivity contribution is 7.21. The van der Waals surface area contributed by atoms with Crippen LogP contribution in [-0.2, 0) is 22.6 Å². The second-order valence-corrected chi connectivity index (χ2v) is 10.1. The zero-order valence-corrected chi connectivity index (χ0v) is 20.8. The van der Waals surface area contributed by atoms with Crippen LogP contribution in [0.4, 0.5) is 5.13 Å². The fourth-order valence-electron chi connectivity index (χ4n) is 4.78. The number of carbonyl (C=O) groups is 2. The van der Waals surface area contributed by atoms with Crippen molar-refractivity contribution in [2.75, 3.05) is 50.7 Å². The van der Waals surface area contributed by atoms with Gasteiger partial charge in [0.25, 0.3) is 0 Å². The number of nitrogens with one attached hydrogen (secondary N) is 1. The Morgan fingerprint density at radius 3 is 2.63 bits per heavy atom. The quantitative estimate of drug-likeness (QED) is 0.487. The summed E-state index contributed by atoms with van der Waals surface area (Å²) in [6.45, 7) is 6.50. The van der Waals surface area contributed by atoms with Crippen LogP contribution < -0.4 is 10.2 Å². The lowest BCUT2D eigenvalue weighted by Crippen LogP contribution is -2.49. The molecule has 9 heteroatoms. The number of piperazine rings is 1. The lowest BCUT2D eigenvalue weighted by atomic mass is 10.00. The predicted octanol–water partition coefficient (Wildman–Crippen LogP) is 2.68. The molecule has 8 nitrogen and oxygen atoms in total. The molecule has 4 heterocycles. The molecule has 2 aliphatic heterocycles. The van der Waals surface area contributed by atoms with E-state index < -0.39 is 0 Å². The summed E-state index contributed by atoms with van der Waals surface area (Å²) in [5, 5.41) is 3.94. The topological polar surface area (TPSA) is 81.7 Å². The molecule has 1 aromatic carbocycles. The van der Waals surface area contributed by atoms with E-state index in [-0.39, 0.29) is 24.7 Å². The fourth-order valence-corrected chi connectivity index (χ4v) is 5.74. The van der Waals surface area contributed by atoms with E-state index in [1.807, 2.05) is 17.0 Å². The zero-order chi connectivity index (χ0) is 24.0. The van der Waals surface area contributed by atoms with Crippen molar-refractivity contribution in [3.63, 3.8) is 0 Å². The second-order valence-electron chi connectivity index (χ2n) is 9.19. The Labute approximate surface area is 209 Å². The number of aromatic nitrogens is 2. The summed E-state index contributed by atoms with van der Waals surface area (Å²) < 4.78 is 0. The molecule has 0 radical (unpaired) electrons. The van der Waals surface area contributed by atoms with Crippen LogP contribution in [0.15, 0.2) is 42.6 Å². The average molecular weight is 493 g/mol. The van der Waals surface area contributed by atoms with Crippen molar-refractivity contribution in [2.24, 2.45) is 0 Å². The van der Waals surface area contributed by atoms with Crippen LogP contribution in [0.2, 0.25) is 0 Å². The number of amides is 2. The molecule has 0 unspecified atom stereocenters. The third-order valence-corrected chi connectivity index (χ3v) is 7.85. The van der Waals surface area contributed by atoms with Crippen molar-refractivity contribution in [1.29, 1.82) is 0 Å². The molecule has 0 bridgehead atoms. The maximum absolute atomic E-state index is 12.6. The number of benzene rings is 1. The Hall–Kier alpha value is -3.04. The molecule has 2 aliphatic rings. The number of carbonyl (C=O) groups excluding carboxylic acids is 2. The molecule has 3 aromatic rings. The fraction of sp³-hybridized carbons (Fsp3) is 0.462. The van der Waals surface area contributed by atoms with E-state index >= 15 is 0 Å². The number of fused-ring (bicyclic) bond motifs is 2. The van der Waals surface area contributed by atoms with Crippen LogP contribution >= 0.6 is 11.3 Å². The van der Waals surface area contributed by atoms with E-state index in [9.17, 15) is 9.59 Å². The Kier molecular flexibility index (Phi) is 7.54. The molecule has 1 fully saturated rings. The number of thiazole rings is 1. The van der Waals surface area contributed by atoms with Gasteiger partial charge in [-0.1, -0.05) is 35.6 Å². The molecule has 184 valence electrons. The van der Waals surface area contributed by atoms with Crippen molar-refractivity contribution >= 4 is 38.6 Å². The Balaban J connectivity index is 0.968. The maximum Gasteiger partial charge on any atom is 0.223 e. The van der Waals surface area contributed by atoms with Gasteiger partial charge < -0.3 is 15.1 Å². The van der Waals surface area contributed by atoms with Gasteiger partial charge in [0.05, 0.1) is 0 Å². The van der Waals surface area contributed by atoms with Crippen LogP contribution in [0.3, 0.4) is 0 Å². The van der Waals surface area contributed by atoms with E-state index in [0.29, 0.717) is 19.6 Å². The molecule has 0 saturated carbocycles. The first-order valence-corrected chi connectivity index (χ1v) is 13.3. The molecule has 1 N–H and O–H groups in total. The summed E-state index contributed by atoms with van der Waals surface area (Å²) in [5.74, 6) is 0.0145. The normalized spacial score (nSPS) is 16.3. The van der Waals surface area contributed by atoms with Gasteiger partial charge in [-0.2, -0.15) is 0 Å². The summed E-state index contributed by atoms with van der Waals surface area (Å²) in [7, 11) is 0. The summed E-state index contributed by atoms with van der Waals surface area (Å²) in [5.41, 5.74) is 3.79. The van der Waals surface area contributed by atoms with Gasteiger partial charge in [0.15, 0.2) is 5.13 Å². The molecule has 2 aromatic heterocycles. The van der Waals surface area contributed by atoms with Crippen molar-refractivity contribution in [3.05, 3.63) is 53.7 Å². The third-order valence-electron chi connectivity index (χ3n) is 6.81. The molecular weight excluding hydrogens is 460 g/mol. The SMILES string of the molecule is O=C(CCC(=O)N1CCN(c2nc3cccnc3s2)CC1)NCCCN1CCc2ccccc2C1. The van der Waals surface area contributed by atoms with Crippen LogP contribution in [0.1, 0.15) is 30.4 Å². The first-order valence-electron chi connectivity index (χ1n) is 12.5. The zero-order valence-electron chi connectivity index (χ0n) is 20.0. The molecule has 0 spiro atoms. The number of hydrogen-bond acceptors (Lipinski definition) is 7. The van der Waals surface area contributed by atoms with Crippen LogP contribution in [0, 0.1) is 0 Å². The third kappa shape index (κ3) is 5.97. The average Bonchev–Trinajstić information content (AvgIpc) is 3.34. The molecular formula is C26H32N6O2S. The standard InChI is InChI=1S/C26H32N6O2S/c33-23(27-12-4-13-30-14-10-20-5-1-2-6-21(20)19-30)8-9-24(34)31-15-17-32(18-16-31)26-29-22-7-3-11-28-25(22)35-26/h1-3,5-7,11H,4,8-10,12-19H2,(H,27,33). The Morgan fingerprint density at radius 2 is 1.80 bits per heavy atom. The summed E-state index contributed by atoms with van der Waals surface area (Å²) in [6, 6.07) is 12.5. The van der Waals surface area contributed by atoms with Crippen LogP contribution in [0.25, 0.3) is 10.3 Å². The first-order chi connectivity index (χ1) is 17.2. The number of anilines is 1. The van der Waals surface area contributed by atoms with Crippen molar-refractivity contribution in [3.8, 4) is 0 Å². The Bertz CT molecular complexity index is 1140. The molecule has 0 atom stereocenters. The Morgan fingerprint density at radius 1 is 0.971 bits per heavy atom. The van der Waals surface area contributed by atoms with E-state index in [2.05, 4.69) is 49.4 Å². The monoisotopic (exact) mass is 492 g/mol. The number of hydrogen-bond donors (Lipinski definition) is 1. The van der Waals surface area contributed by atoms with Crippen LogP contribution in [-0.4, -0.2) is 77.4 Å². The van der Waals surface area contributed by atoms with Gasteiger partial charge in [-0.3, -0.25) is 14.5 Å².